The van der Waals surface area contributed by atoms with Crippen LogP contribution in [0.5, 0.6) is 5.75 Å². The van der Waals surface area contributed by atoms with Gasteiger partial charge in [0.2, 0.25) is 0 Å². The highest BCUT2D eigenvalue weighted by Gasteiger charge is 2.16. The zero-order valence-corrected chi connectivity index (χ0v) is 14.3. The molecule has 0 fully saturated rings. The molecular weight excluding hydrogens is 292 g/mol. The third-order valence-electron chi connectivity index (χ3n) is 3.13. The van der Waals surface area contributed by atoms with Gasteiger partial charge in [-0.25, -0.2) is 4.79 Å². The summed E-state index contributed by atoms with van der Waals surface area (Å²) in [6.45, 7) is 7.23. The second-order valence-corrected chi connectivity index (χ2v) is 11.9. The fraction of sp³-hybridized carbons (Fsp3) is 0.278. The van der Waals surface area contributed by atoms with E-state index < -0.39 is 14.2 Å². The topological polar surface area (TPSA) is 35.5 Å². The van der Waals surface area contributed by atoms with Crippen LogP contribution >= 0.6 is 0 Å². The van der Waals surface area contributed by atoms with Crippen LogP contribution in [0.15, 0.2) is 54.6 Å². The lowest BCUT2D eigenvalue weighted by Gasteiger charge is -2.18. The molecule has 116 valence electrons. The second kappa shape index (κ2) is 7.27. The Morgan fingerprint density at radius 1 is 0.909 bits per heavy atom. The molecule has 0 aliphatic carbocycles. The number of ether oxygens (including phenoxy) is 2. The van der Waals surface area contributed by atoms with Crippen molar-refractivity contribution >= 4 is 14.2 Å². The Balaban J connectivity index is 1.95. The summed E-state index contributed by atoms with van der Waals surface area (Å²) < 4.78 is 10.4. The average molecular weight is 314 g/mol. The molecule has 0 saturated heterocycles. The molecule has 0 aliphatic rings. The maximum absolute atomic E-state index is 11.7. The molecule has 4 heteroatoms. The molecule has 0 unspecified atom stereocenters. The normalized spacial score (nSPS) is 11.0. The molecule has 0 aliphatic heterocycles. The molecule has 3 nitrogen and oxygen atoms in total. The van der Waals surface area contributed by atoms with Gasteiger partial charge in [0.15, 0.2) is 0 Å². The minimum atomic E-state index is -1.22. The van der Waals surface area contributed by atoms with Crippen LogP contribution in [0, 0.1) is 0 Å². The lowest BCUT2D eigenvalue weighted by atomic mass is 10.1. The maximum Gasteiger partial charge on any atom is 0.514 e. The number of carbonyl (C=O) groups is 1. The number of rotatable bonds is 5. The Labute approximate surface area is 132 Å². The van der Waals surface area contributed by atoms with Crippen LogP contribution in [-0.2, 0) is 17.4 Å². The predicted molar refractivity (Wildman–Crippen MR) is 90.7 cm³/mol. The molecule has 0 radical (unpaired) electrons. The Bertz CT molecular complexity index is 618. The van der Waals surface area contributed by atoms with E-state index in [1.807, 2.05) is 36.4 Å². The summed E-state index contributed by atoms with van der Waals surface area (Å²) in [7, 11) is -1.22. The molecule has 0 aromatic heterocycles. The molecule has 0 spiro atoms. The van der Waals surface area contributed by atoms with Gasteiger partial charge >= 0.3 is 6.16 Å². The van der Waals surface area contributed by atoms with E-state index in [1.54, 1.807) is 12.1 Å². The quantitative estimate of drug-likeness (QED) is 0.451. The maximum atomic E-state index is 11.7. The molecule has 0 atom stereocenters. The van der Waals surface area contributed by atoms with Gasteiger partial charge in [0.05, 0.1) is 0 Å². The molecule has 0 saturated carbocycles. The van der Waals surface area contributed by atoms with Gasteiger partial charge in [0.1, 0.15) is 12.4 Å². The van der Waals surface area contributed by atoms with Crippen LogP contribution in [0.3, 0.4) is 0 Å². The highest BCUT2D eigenvalue weighted by atomic mass is 28.3. The highest BCUT2D eigenvalue weighted by molar-refractivity contribution is 6.75. The first-order valence-corrected chi connectivity index (χ1v) is 11.1. The SMILES string of the molecule is C[Si](C)(C)Cc1ccccc1COC(=O)Oc1ccccc1. The van der Waals surface area contributed by atoms with E-state index in [1.165, 1.54) is 5.56 Å². The van der Waals surface area contributed by atoms with Crippen LogP contribution in [-0.4, -0.2) is 14.2 Å². The fourth-order valence-corrected chi connectivity index (χ4v) is 3.68. The van der Waals surface area contributed by atoms with E-state index in [0.717, 1.165) is 11.6 Å². The molecule has 0 heterocycles. The lowest BCUT2D eigenvalue weighted by molar-refractivity contribution is 0.0926. The van der Waals surface area contributed by atoms with E-state index in [4.69, 9.17) is 9.47 Å². The average Bonchev–Trinajstić information content (AvgIpc) is 2.46. The van der Waals surface area contributed by atoms with Gasteiger partial charge in [-0.2, -0.15) is 0 Å². The Morgan fingerprint density at radius 2 is 1.50 bits per heavy atom. The van der Waals surface area contributed by atoms with Crippen molar-refractivity contribution in [3.8, 4) is 5.75 Å². The zero-order valence-electron chi connectivity index (χ0n) is 13.3. The van der Waals surface area contributed by atoms with E-state index in [9.17, 15) is 4.79 Å². The summed E-state index contributed by atoms with van der Waals surface area (Å²) in [6, 6.07) is 18.1. The minimum Gasteiger partial charge on any atom is -0.429 e. The van der Waals surface area contributed by atoms with Crippen LogP contribution in [0.1, 0.15) is 11.1 Å². The van der Waals surface area contributed by atoms with Crippen LogP contribution in [0.25, 0.3) is 0 Å². The third kappa shape index (κ3) is 5.37. The summed E-state index contributed by atoms with van der Waals surface area (Å²) >= 11 is 0. The molecular formula is C18H22O3Si. The summed E-state index contributed by atoms with van der Waals surface area (Å²) in [4.78, 5) is 11.7. The first-order valence-electron chi connectivity index (χ1n) is 7.40. The van der Waals surface area contributed by atoms with Crippen molar-refractivity contribution in [1.29, 1.82) is 0 Å². The predicted octanol–water partition coefficient (Wildman–Crippen LogP) is 4.82. The van der Waals surface area contributed by atoms with Crippen LogP contribution < -0.4 is 4.74 Å². The van der Waals surface area contributed by atoms with Gasteiger partial charge in [0.25, 0.3) is 0 Å². The molecule has 0 N–H and O–H groups in total. The first kappa shape index (κ1) is 16.3. The number of para-hydroxylation sites is 1. The molecule has 22 heavy (non-hydrogen) atoms. The van der Waals surface area contributed by atoms with Crippen molar-refractivity contribution < 1.29 is 14.3 Å². The number of hydrogen-bond acceptors (Lipinski definition) is 3. The van der Waals surface area contributed by atoms with Crippen molar-refractivity contribution in [2.75, 3.05) is 0 Å². The summed E-state index contributed by atoms with van der Waals surface area (Å²) in [6.07, 6.45) is -0.672. The summed E-state index contributed by atoms with van der Waals surface area (Å²) in [5.74, 6) is 0.489. The number of hydrogen-bond donors (Lipinski definition) is 0. The van der Waals surface area contributed by atoms with Crippen molar-refractivity contribution in [2.45, 2.75) is 32.3 Å². The molecule has 2 rings (SSSR count). The van der Waals surface area contributed by atoms with E-state index in [2.05, 4.69) is 25.7 Å². The standard InChI is InChI=1S/C18H22O3Si/c1-22(2,3)14-16-10-8-7-9-15(16)13-20-18(19)21-17-11-5-4-6-12-17/h4-12H,13-14H2,1-3H3. The zero-order chi connectivity index (χ0) is 16.0. The van der Waals surface area contributed by atoms with Crippen molar-refractivity contribution in [3.05, 3.63) is 65.7 Å². The largest absolute Gasteiger partial charge is 0.514 e. The number of benzene rings is 2. The van der Waals surface area contributed by atoms with Crippen molar-refractivity contribution in [2.24, 2.45) is 0 Å². The molecule has 0 amide bonds. The van der Waals surface area contributed by atoms with Gasteiger partial charge in [0, 0.05) is 8.07 Å². The van der Waals surface area contributed by atoms with Crippen molar-refractivity contribution in [1.82, 2.24) is 0 Å². The van der Waals surface area contributed by atoms with Gasteiger partial charge in [-0.15, -0.1) is 0 Å². The van der Waals surface area contributed by atoms with E-state index in [-0.39, 0.29) is 6.61 Å². The van der Waals surface area contributed by atoms with Gasteiger partial charge in [-0.3, -0.25) is 0 Å². The third-order valence-corrected chi connectivity index (χ3v) is 4.57. The van der Waals surface area contributed by atoms with E-state index >= 15 is 0 Å². The first-order chi connectivity index (χ1) is 10.4. The lowest BCUT2D eigenvalue weighted by Crippen LogP contribution is -2.24. The van der Waals surface area contributed by atoms with Crippen LogP contribution in [0.2, 0.25) is 19.6 Å². The summed E-state index contributed by atoms with van der Waals surface area (Å²) in [5, 5.41) is 0. The fourth-order valence-electron chi connectivity index (χ4n) is 2.19. The molecule has 0 bridgehead atoms. The van der Waals surface area contributed by atoms with E-state index in [0.29, 0.717) is 5.75 Å². The number of carbonyl (C=O) groups excluding carboxylic acids is 1. The van der Waals surface area contributed by atoms with Gasteiger partial charge in [-0.05, 0) is 29.3 Å². The van der Waals surface area contributed by atoms with Crippen LogP contribution in [0.4, 0.5) is 4.79 Å². The monoisotopic (exact) mass is 314 g/mol. The van der Waals surface area contributed by atoms with Crippen molar-refractivity contribution in [3.63, 3.8) is 0 Å². The Kier molecular flexibility index (Phi) is 5.39. The van der Waals surface area contributed by atoms with Gasteiger partial charge < -0.3 is 9.47 Å². The smallest absolute Gasteiger partial charge is 0.429 e. The Morgan fingerprint density at radius 3 is 2.14 bits per heavy atom. The van der Waals surface area contributed by atoms with Gasteiger partial charge in [-0.1, -0.05) is 62.1 Å². The summed E-state index contributed by atoms with van der Waals surface area (Å²) in [5.41, 5.74) is 2.31. The molecule has 2 aromatic rings. The second-order valence-electron chi connectivity index (χ2n) is 6.46. The Hall–Kier alpha value is -2.07. The minimum absolute atomic E-state index is 0.242. The highest BCUT2D eigenvalue weighted by Crippen LogP contribution is 2.17. The molecule has 2 aromatic carbocycles.